The number of carbonyl (C=O) groups is 1. The number of carbonyl (C=O) groups excluding carboxylic acids is 1. The molecule has 1 aromatic rings. The molecule has 0 aromatic heterocycles. The van der Waals surface area contributed by atoms with Crippen molar-refractivity contribution in [3.05, 3.63) is 35.9 Å². The van der Waals surface area contributed by atoms with Crippen LogP contribution in [0.3, 0.4) is 0 Å². The number of benzene rings is 1. The normalized spacial score (nSPS) is 31.1. The van der Waals surface area contributed by atoms with Crippen LogP contribution in [0.2, 0.25) is 0 Å². The Balaban J connectivity index is 1.53. The molecule has 0 spiro atoms. The molecular formula is C16H20O5. The Labute approximate surface area is 124 Å². The lowest BCUT2D eigenvalue weighted by Gasteiger charge is -2.17. The smallest absolute Gasteiger partial charge is 0.305 e. The lowest BCUT2D eigenvalue weighted by atomic mass is 10.1. The first-order valence-corrected chi connectivity index (χ1v) is 7.36. The van der Waals surface area contributed by atoms with Crippen LogP contribution in [0.4, 0.5) is 0 Å². The van der Waals surface area contributed by atoms with Crippen LogP contribution in [-0.2, 0) is 30.3 Å². The summed E-state index contributed by atoms with van der Waals surface area (Å²) < 4.78 is 22.7. The van der Waals surface area contributed by atoms with Crippen molar-refractivity contribution in [2.45, 2.75) is 44.4 Å². The van der Waals surface area contributed by atoms with E-state index in [9.17, 15) is 4.79 Å². The summed E-state index contributed by atoms with van der Waals surface area (Å²) in [7, 11) is 0. The highest BCUT2D eigenvalue weighted by Gasteiger charge is 2.49. The SMILES string of the molecule is CCC(=O)O[C@@H]1CO[C@H]2[C@@H]1OC[C@H]2OCc1ccccc1. The first-order chi connectivity index (χ1) is 10.3. The Hall–Kier alpha value is -1.43. The van der Waals surface area contributed by atoms with E-state index in [2.05, 4.69) is 0 Å². The van der Waals surface area contributed by atoms with E-state index in [0.717, 1.165) is 5.56 Å². The molecule has 2 aliphatic rings. The number of hydrogen-bond acceptors (Lipinski definition) is 5. The van der Waals surface area contributed by atoms with Crippen molar-refractivity contribution in [3.63, 3.8) is 0 Å². The van der Waals surface area contributed by atoms with E-state index in [1.165, 1.54) is 0 Å². The Morgan fingerprint density at radius 3 is 2.52 bits per heavy atom. The number of fused-ring (bicyclic) bond motifs is 1. The van der Waals surface area contributed by atoms with Crippen LogP contribution in [0.1, 0.15) is 18.9 Å². The molecular weight excluding hydrogens is 272 g/mol. The van der Waals surface area contributed by atoms with Gasteiger partial charge in [0.2, 0.25) is 0 Å². The average Bonchev–Trinajstić information content (AvgIpc) is 3.09. The van der Waals surface area contributed by atoms with Gasteiger partial charge >= 0.3 is 5.97 Å². The summed E-state index contributed by atoms with van der Waals surface area (Å²) in [5, 5.41) is 0. The van der Waals surface area contributed by atoms with Crippen molar-refractivity contribution in [2.75, 3.05) is 13.2 Å². The van der Waals surface area contributed by atoms with Crippen LogP contribution in [0, 0.1) is 0 Å². The van der Waals surface area contributed by atoms with E-state index in [1.54, 1.807) is 6.92 Å². The molecule has 2 saturated heterocycles. The molecule has 1 aromatic carbocycles. The first-order valence-electron chi connectivity index (χ1n) is 7.36. The predicted molar refractivity (Wildman–Crippen MR) is 74.7 cm³/mol. The molecule has 5 heteroatoms. The molecule has 21 heavy (non-hydrogen) atoms. The fourth-order valence-corrected chi connectivity index (χ4v) is 2.70. The largest absolute Gasteiger partial charge is 0.457 e. The fraction of sp³-hybridized carbons (Fsp3) is 0.562. The average molecular weight is 292 g/mol. The van der Waals surface area contributed by atoms with Crippen LogP contribution in [0.15, 0.2) is 30.3 Å². The summed E-state index contributed by atoms with van der Waals surface area (Å²) >= 11 is 0. The van der Waals surface area contributed by atoms with E-state index in [-0.39, 0.29) is 30.4 Å². The molecule has 5 nitrogen and oxygen atoms in total. The Bertz CT molecular complexity index is 475. The molecule has 0 bridgehead atoms. The van der Waals surface area contributed by atoms with Crippen molar-refractivity contribution in [1.82, 2.24) is 0 Å². The summed E-state index contributed by atoms with van der Waals surface area (Å²) in [6, 6.07) is 9.99. The fourth-order valence-electron chi connectivity index (χ4n) is 2.70. The summed E-state index contributed by atoms with van der Waals surface area (Å²) in [5.41, 5.74) is 1.12. The molecule has 114 valence electrons. The summed E-state index contributed by atoms with van der Waals surface area (Å²) in [6.45, 7) is 3.16. The lowest BCUT2D eigenvalue weighted by molar-refractivity contribution is -0.153. The van der Waals surface area contributed by atoms with Gasteiger partial charge < -0.3 is 18.9 Å². The third-order valence-electron chi connectivity index (χ3n) is 3.84. The van der Waals surface area contributed by atoms with E-state index in [0.29, 0.717) is 26.2 Å². The second-order valence-electron chi connectivity index (χ2n) is 5.31. The molecule has 0 aliphatic carbocycles. The molecule has 0 N–H and O–H groups in total. The summed E-state index contributed by atoms with van der Waals surface area (Å²) in [4.78, 5) is 11.4. The van der Waals surface area contributed by atoms with Gasteiger partial charge in [-0.1, -0.05) is 37.3 Å². The van der Waals surface area contributed by atoms with Crippen molar-refractivity contribution < 1.29 is 23.7 Å². The van der Waals surface area contributed by atoms with Gasteiger partial charge in [-0.05, 0) is 5.56 Å². The molecule has 0 unspecified atom stereocenters. The minimum absolute atomic E-state index is 0.111. The third kappa shape index (κ3) is 3.26. The highest BCUT2D eigenvalue weighted by Crippen LogP contribution is 2.31. The molecule has 2 heterocycles. The maximum Gasteiger partial charge on any atom is 0.305 e. The van der Waals surface area contributed by atoms with Crippen molar-refractivity contribution in [1.29, 1.82) is 0 Å². The molecule has 2 aliphatic heterocycles. The zero-order valence-corrected chi connectivity index (χ0v) is 12.1. The van der Waals surface area contributed by atoms with Crippen molar-refractivity contribution >= 4 is 5.97 Å². The molecule has 0 amide bonds. The Kier molecular flexibility index (Phi) is 4.53. The van der Waals surface area contributed by atoms with Gasteiger partial charge in [-0.3, -0.25) is 4.79 Å². The van der Waals surface area contributed by atoms with Crippen LogP contribution in [0.5, 0.6) is 0 Å². The van der Waals surface area contributed by atoms with Gasteiger partial charge in [-0.25, -0.2) is 0 Å². The van der Waals surface area contributed by atoms with Gasteiger partial charge in [-0.2, -0.15) is 0 Å². The monoisotopic (exact) mass is 292 g/mol. The lowest BCUT2D eigenvalue weighted by Crippen LogP contribution is -2.35. The maximum atomic E-state index is 11.4. The molecule has 0 saturated carbocycles. The zero-order valence-electron chi connectivity index (χ0n) is 12.1. The van der Waals surface area contributed by atoms with Gasteiger partial charge in [0, 0.05) is 6.42 Å². The van der Waals surface area contributed by atoms with Gasteiger partial charge in [0.25, 0.3) is 0 Å². The number of rotatable bonds is 5. The highest BCUT2D eigenvalue weighted by molar-refractivity contribution is 5.69. The van der Waals surface area contributed by atoms with Gasteiger partial charge in [0.05, 0.1) is 19.8 Å². The summed E-state index contributed by atoms with van der Waals surface area (Å²) in [5.74, 6) is -0.221. The standard InChI is InChI=1S/C16H20O5/c1-2-14(17)21-13-10-20-15-12(9-19-16(13)15)18-8-11-6-4-3-5-7-11/h3-7,12-13,15-16H,2,8-10H2,1H3/t12-,13-,15-,16-/m1/s1. The van der Waals surface area contributed by atoms with E-state index in [4.69, 9.17) is 18.9 Å². The van der Waals surface area contributed by atoms with Crippen LogP contribution in [-0.4, -0.2) is 43.6 Å². The molecule has 3 rings (SSSR count). The quantitative estimate of drug-likeness (QED) is 0.773. The molecule has 4 atom stereocenters. The zero-order chi connectivity index (χ0) is 14.7. The van der Waals surface area contributed by atoms with Gasteiger partial charge in [-0.15, -0.1) is 0 Å². The molecule has 0 radical (unpaired) electrons. The van der Waals surface area contributed by atoms with Crippen LogP contribution >= 0.6 is 0 Å². The third-order valence-corrected chi connectivity index (χ3v) is 3.84. The first kappa shape index (κ1) is 14.5. The van der Waals surface area contributed by atoms with Crippen LogP contribution in [0.25, 0.3) is 0 Å². The van der Waals surface area contributed by atoms with Crippen molar-refractivity contribution in [3.8, 4) is 0 Å². The second-order valence-corrected chi connectivity index (χ2v) is 5.31. The number of ether oxygens (including phenoxy) is 4. The summed E-state index contributed by atoms with van der Waals surface area (Å²) in [6.07, 6.45) is -0.417. The van der Waals surface area contributed by atoms with E-state index >= 15 is 0 Å². The second kappa shape index (κ2) is 6.56. The number of esters is 1. The highest BCUT2D eigenvalue weighted by atomic mass is 16.7. The van der Waals surface area contributed by atoms with Crippen LogP contribution < -0.4 is 0 Å². The topological polar surface area (TPSA) is 54.0 Å². The predicted octanol–water partition coefficient (Wildman–Crippen LogP) is 1.69. The van der Waals surface area contributed by atoms with E-state index < -0.39 is 0 Å². The minimum Gasteiger partial charge on any atom is -0.457 e. The van der Waals surface area contributed by atoms with Gasteiger partial charge in [0.1, 0.15) is 18.3 Å². The van der Waals surface area contributed by atoms with E-state index in [1.807, 2.05) is 30.3 Å². The van der Waals surface area contributed by atoms with Crippen molar-refractivity contribution in [2.24, 2.45) is 0 Å². The minimum atomic E-state index is -0.312. The Morgan fingerprint density at radius 1 is 1.14 bits per heavy atom. The molecule has 2 fully saturated rings. The Morgan fingerprint density at radius 2 is 1.81 bits per heavy atom. The van der Waals surface area contributed by atoms with Gasteiger partial charge in [0.15, 0.2) is 6.10 Å². The maximum absolute atomic E-state index is 11.4. The number of hydrogen-bond donors (Lipinski definition) is 0.